The highest BCUT2D eigenvalue weighted by Gasteiger charge is 2.14. The van der Waals surface area contributed by atoms with Crippen LogP contribution in [0.3, 0.4) is 0 Å². The Hall–Kier alpha value is -2.41. The fourth-order valence-electron chi connectivity index (χ4n) is 1.45. The monoisotopic (exact) mass is 262 g/mol. The lowest BCUT2D eigenvalue weighted by Gasteiger charge is -1.99. The van der Waals surface area contributed by atoms with Crippen LogP contribution in [0.1, 0.15) is 0 Å². The van der Waals surface area contributed by atoms with E-state index < -0.39 is 0 Å². The maximum absolute atomic E-state index is 6.06. The Morgan fingerprint density at radius 1 is 1.33 bits per heavy atom. The smallest absolute Gasteiger partial charge is 0.259 e. The van der Waals surface area contributed by atoms with Crippen molar-refractivity contribution in [3.8, 4) is 23.0 Å². The van der Waals surface area contributed by atoms with Gasteiger partial charge in [0.05, 0.1) is 16.8 Å². The first-order valence-corrected chi connectivity index (χ1v) is 5.37. The second kappa shape index (κ2) is 4.11. The van der Waals surface area contributed by atoms with Gasteiger partial charge in [0.1, 0.15) is 0 Å². The normalized spacial score (nSPS) is 10.7. The Morgan fingerprint density at radius 2 is 2.22 bits per heavy atom. The van der Waals surface area contributed by atoms with Gasteiger partial charge in [0.15, 0.2) is 5.69 Å². The predicted molar refractivity (Wildman–Crippen MR) is 64.5 cm³/mol. The van der Waals surface area contributed by atoms with E-state index in [0.29, 0.717) is 33.7 Å². The predicted octanol–water partition coefficient (Wildman–Crippen LogP) is 1.76. The van der Waals surface area contributed by atoms with Crippen LogP contribution in [0.5, 0.6) is 0 Å². The number of nitrogens with two attached hydrogens (primary N) is 1. The molecule has 0 aliphatic heterocycles. The van der Waals surface area contributed by atoms with Crippen LogP contribution in [0.2, 0.25) is 5.02 Å². The summed E-state index contributed by atoms with van der Waals surface area (Å²) in [5.41, 5.74) is 7.30. The van der Waals surface area contributed by atoms with E-state index in [0.717, 1.165) is 0 Å². The number of nitrogen functional groups attached to an aromatic ring is 1. The van der Waals surface area contributed by atoms with E-state index in [9.17, 15) is 0 Å². The van der Waals surface area contributed by atoms with Gasteiger partial charge in [-0.1, -0.05) is 16.8 Å². The fraction of sp³-hybridized carbons (Fsp3) is 0. The summed E-state index contributed by atoms with van der Waals surface area (Å²) >= 11 is 6.06. The highest BCUT2D eigenvalue weighted by atomic mass is 35.5. The van der Waals surface area contributed by atoms with Crippen molar-refractivity contribution in [2.75, 3.05) is 5.73 Å². The third kappa shape index (κ3) is 1.80. The van der Waals surface area contributed by atoms with Crippen molar-refractivity contribution in [3.63, 3.8) is 0 Å². The van der Waals surface area contributed by atoms with Crippen molar-refractivity contribution in [2.45, 2.75) is 0 Å². The average Bonchev–Trinajstić information content (AvgIpc) is 2.99. The van der Waals surface area contributed by atoms with Crippen molar-refractivity contribution >= 4 is 17.3 Å². The Labute approximate surface area is 106 Å². The molecule has 1 aromatic carbocycles. The molecule has 2 heterocycles. The molecule has 3 rings (SSSR count). The summed E-state index contributed by atoms with van der Waals surface area (Å²) < 4.78 is 5.13. The SMILES string of the molecule is Nc1ccc(-c2nc(-c3cn[nH]n3)no2)c(Cl)c1. The van der Waals surface area contributed by atoms with Crippen molar-refractivity contribution < 1.29 is 4.52 Å². The van der Waals surface area contributed by atoms with Gasteiger partial charge >= 0.3 is 0 Å². The Balaban J connectivity index is 2.03. The Kier molecular flexibility index (Phi) is 2.45. The Morgan fingerprint density at radius 3 is 2.94 bits per heavy atom. The highest BCUT2D eigenvalue weighted by Crippen LogP contribution is 2.29. The lowest BCUT2D eigenvalue weighted by Crippen LogP contribution is -1.86. The second-order valence-electron chi connectivity index (χ2n) is 3.52. The van der Waals surface area contributed by atoms with E-state index in [1.807, 2.05) is 0 Å². The molecule has 18 heavy (non-hydrogen) atoms. The number of halogens is 1. The summed E-state index contributed by atoms with van der Waals surface area (Å²) in [4.78, 5) is 4.19. The topological polar surface area (TPSA) is 107 Å². The molecule has 0 amide bonds. The summed E-state index contributed by atoms with van der Waals surface area (Å²) in [6, 6.07) is 5.05. The zero-order valence-corrected chi connectivity index (χ0v) is 9.72. The Bertz CT molecular complexity index is 678. The van der Waals surface area contributed by atoms with Gasteiger partial charge in [0.25, 0.3) is 5.89 Å². The molecule has 2 aromatic heterocycles. The molecule has 0 radical (unpaired) electrons. The molecule has 0 saturated heterocycles. The van der Waals surface area contributed by atoms with Crippen LogP contribution in [0.15, 0.2) is 28.9 Å². The molecule has 0 aliphatic rings. The van der Waals surface area contributed by atoms with E-state index in [4.69, 9.17) is 21.9 Å². The fourth-order valence-corrected chi connectivity index (χ4v) is 1.72. The first kappa shape index (κ1) is 10.7. The van der Waals surface area contributed by atoms with E-state index in [-0.39, 0.29) is 0 Å². The molecule has 8 heteroatoms. The number of aromatic nitrogens is 5. The number of anilines is 1. The van der Waals surface area contributed by atoms with Gasteiger partial charge in [0, 0.05) is 5.69 Å². The van der Waals surface area contributed by atoms with Gasteiger partial charge in [-0.3, -0.25) is 0 Å². The summed E-state index contributed by atoms with van der Waals surface area (Å²) in [6.07, 6.45) is 1.50. The quantitative estimate of drug-likeness (QED) is 0.682. The molecule has 0 atom stereocenters. The molecule has 0 bridgehead atoms. The van der Waals surface area contributed by atoms with Gasteiger partial charge in [-0.05, 0) is 18.2 Å². The van der Waals surface area contributed by atoms with E-state index >= 15 is 0 Å². The molecular formula is C10H7ClN6O. The molecule has 0 saturated carbocycles. The van der Waals surface area contributed by atoms with Crippen molar-refractivity contribution in [3.05, 3.63) is 29.4 Å². The van der Waals surface area contributed by atoms with Crippen LogP contribution < -0.4 is 5.73 Å². The van der Waals surface area contributed by atoms with Crippen LogP contribution in [0, 0.1) is 0 Å². The highest BCUT2D eigenvalue weighted by molar-refractivity contribution is 6.33. The minimum Gasteiger partial charge on any atom is -0.399 e. The first-order valence-electron chi connectivity index (χ1n) is 4.99. The molecule has 3 N–H and O–H groups in total. The lowest BCUT2D eigenvalue weighted by atomic mass is 10.2. The van der Waals surface area contributed by atoms with Gasteiger partial charge in [-0.15, -0.1) is 0 Å². The van der Waals surface area contributed by atoms with Gasteiger partial charge in [0.2, 0.25) is 5.82 Å². The summed E-state index contributed by atoms with van der Waals surface area (Å²) in [7, 11) is 0. The zero-order valence-electron chi connectivity index (χ0n) is 8.96. The van der Waals surface area contributed by atoms with Crippen LogP contribution in [-0.4, -0.2) is 25.6 Å². The van der Waals surface area contributed by atoms with Gasteiger partial charge in [-0.2, -0.15) is 20.4 Å². The number of benzene rings is 1. The molecule has 90 valence electrons. The molecule has 0 unspecified atom stereocenters. The van der Waals surface area contributed by atoms with Crippen LogP contribution in [-0.2, 0) is 0 Å². The molecule has 3 aromatic rings. The molecule has 7 nitrogen and oxygen atoms in total. The summed E-state index contributed by atoms with van der Waals surface area (Å²) in [5, 5.41) is 14.2. The minimum atomic E-state index is 0.304. The third-order valence-corrected chi connectivity index (χ3v) is 2.61. The van der Waals surface area contributed by atoms with Crippen LogP contribution in [0.25, 0.3) is 23.0 Å². The van der Waals surface area contributed by atoms with Crippen LogP contribution in [0.4, 0.5) is 5.69 Å². The first-order chi connectivity index (χ1) is 8.74. The number of H-pyrrole nitrogens is 1. The number of aromatic amines is 1. The zero-order chi connectivity index (χ0) is 12.5. The largest absolute Gasteiger partial charge is 0.399 e. The number of hydrogen-bond acceptors (Lipinski definition) is 6. The van der Waals surface area contributed by atoms with Crippen molar-refractivity contribution in [1.29, 1.82) is 0 Å². The standard InChI is InChI=1S/C10H7ClN6O/c11-7-3-5(12)1-2-6(7)10-14-9(16-18-10)8-4-13-17-15-8/h1-4H,12H2,(H,13,15,17). The summed E-state index contributed by atoms with van der Waals surface area (Å²) in [5.74, 6) is 0.643. The van der Waals surface area contributed by atoms with E-state index in [2.05, 4.69) is 25.6 Å². The second-order valence-corrected chi connectivity index (χ2v) is 3.92. The van der Waals surface area contributed by atoms with Crippen molar-refractivity contribution in [2.24, 2.45) is 0 Å². The molecule has 0 aliphatic carbocycles. The maximum Gasteiger partial charge on any atom is 0.259 e. The average molecular weight is 263 g/mol. The summed E-state index contributed by atoms with van der Waals surface area (Å²) in [6.45, 7) is 0. The van der Waals surface area contributed by atoms with Crippen molar-refractivity contribution in [1.82, 2.24) is 25.6 Å². The number of nitrogens with zero attached hydrogens (tertiary/aromatic N) is 4. The number of hydrogen-bond donors (Lipinski definition) is 2. The molecular weight excluding hydrogens is 256 g/mol. The van der Waals surface area contributed by atoms with Gasteiger partial charge < -0.3 is 10.3 Å². The maximum atomic E-state index is 6.06. The third-order valence-electron chi connectivity index (χ3n) is 2.29. The molecule has 0 fully saturated rings. The lowest BCUT2D eigenvalue weighted by molar-refractivity contribution is 0.432. The minimum absolute atomic E-state index is 0.304. The van der Waals surface area contributed by atoms with E-state index in [1.54, 1.807) is 18.2 Å². The van der Waals surface area contributed by atoms with E-state index in [1.165, 1.54) is 6.20 Å². The number of rotatable bonds is 2. The molecule has 0 spiro atoms. The number of nitrogens with one attached hydrogen (secondary N) is 1. The van der Waals surface area contributed by atoms with Gasteiger partial charge in [-0.25, -0.2) is 0 Å². The van der Waals surface area contributed by atoms with Crippen LogP contribution >= 0.6 is 11.6 Å².